The fourth-order valence-corrected chi connectivity index (χ4v) is 4.62. The van der Waals surface area contributed by atoms with Gasteiger partial charge in [0.2, 0.25) is 0 Å². The fourth-order valence-electron chi connectivity index (χ4n) is 4.62. The van der Waals surface area contributed by atoms with Gasteiger partial charge in [-0.15, -0.1) is 0 Å². The van der Waals surface area contributed by atoms with E-state index in [9.17, 15) is 22.8 Å². The lowest BCUT2D eigenvalue weighted by Gasteiger charge is -2.20. The van der Waals surface area contributed by atoms with Gasteiger partial charge >= 0.3 is 18.1 Å². The van der Waals surface area contributed by atoms with Crippen LogP contribution in [0.5, 0.6) is 0 Å². The molecular formula is C31H24F3N5O3. The summed E-state index contributed by atoms with van der Waals surface area (Å²) in [5.41, 5.74) is 7.74. The molecule has 2 heterocycles. The normalized spacial score (nSPS) is 12.1. The number of hydrogen-bond acceptors (Lipinski definition) is 5. The highest BCUT2D eigenvalue weighted by Gasteiger charge is 2.40. The maximum atomic E-state index is 14.0. The van der Waals surface area contributed by atoms with Crippen LogP contribution in [0.15, 0.2) is 103 Å². The number of halogens is 3. The number of amides is 1. The van der Waals surface area contributed by atoms with Crippen molar-refractivity contribution in [3.63, 3.8) is 0 Å². The third-order valence-corrected chi connectivity index (χ3v) is 6.60. The predicted molar refractivity (Wildman–Crippen MR) is 151 cm³/mol. The molecule has 42 heavy (non-hydrogen) atoms. The van der Waals surface area contributed by atoms with E-state index in [2.05, 4.69) is 4.98 Å². The van der Waals surface area contributed by atoms with Gasteiger partial charge in [0, 0.05) is 35.5 Å². The molecule has 11 heteroatoms. The van der Waals surface area contributed by atoms with E-state index in [-0.39, 0.29) is 29.1 Å². The summed E-state index contributed by atoms with van der Waals surface area (Å²) >= 11 is 0. The Morgan fingerprint density at radius 2 is 1.52 bits per heavy atom. The van der Waals surface area contributed by atoms with Crippen LogP contribution in [-0.4, -0.2) is 33.4 Å². The molecule has 1 amide bonds. The molecule has 5 aromatic rings. The van der Waals surface area contributed by atoms with Gasteiger partial charge in [0.1, 0.15) is 5.84 Å². The van der Waals surface area contributed by atoms with Crippen molar-refractivity contribution < 1.29 is 27.5 Å². The number of amidine groups is 1. The molecule has 0 saturated carbocycles. The summed E-state index contributed by atoms with van der Waals surface area (Å²) in [6.45, 7) is 0.0380. The second-order valence-corrected chi connectivity index (χ2v) is 9.37. The van der Waals surface area contributed by atoms with Crippen LogP contribution in [0.4, 0.5) is 18.9 Å². The topological polar surface area (TPSA) is 123 Å². The van der Waals surface area contributed by atoms with Crippen molar-refractivity contribution in [3.8, 4) is 0 Å². The number of benzene rings is 3. The standard InChI is InChI=1S/C31H24F3N5O3/c32-31(33,34)30(41)38-25-23-8-4-5-9-24(23)39(18-19-10-12-22(13-11-19)28(35)36)26(25)29(40)42-27(20-6-2-1-3-7-20)21-14-16-37-17-15-21/h1-17,27H,18H2,(H3,35,36)(H,38,41). The Morgan fingerprint density at radius 1 is 0.905 bits per heavy atom. The number of nitrogens with one attached hydrogen (secondary N) is 2. The molecule has 0 aliphatic rings. The molecule has 0 aliphatic heterocycles. The SMILES string of the molecule is N=C(N)c1ccc(Cn2c(C(=O)OC(c3ccccc3)c3ccncc3)c(NC(=O)C(F)(F)F)c3ccccc32)cc1. The molecule has 212 valence electrons. The quantitative estimate of drug-likeness (QED) is 0.123. The van der Waals surface area contributed by atoms with E-state index in [4.69, 9.17) is 15.9 Å². The van der Waals surface area contributed by atoms with E-state index in [1.807, 2.05) is 5.32 Å². The van der Waals surface area contributed by atoms with Gasteiger partial charge in [0.05, 0.1) is 11.2 Å². The zero-order chi connectivity index (χ0) is 29.9. The molecule has 8 nitrogen and oxygen atoms in total. The minimum Gasteiger partial charge on any atom is -0.448 e. The Balaban J connectivity index is 1.65. The number of pyridine rings is 1. The van der Waals surface area contributed by atoms with E-state index < -0.39 is 24.2 Å². The highest BCUT2D eigenvalue weighted by Crippen LogP contribution is 2.36. The first kappa shape index (κ1) is 28.1. The average Bonchev–Trinajstić information content (AvgIpc) is 3.29. The van der Waals surface area contributed by atoms with Crippen LogP contribution in [0.2, 0.25) is 0 Å². The summed E-state index contributed by atoms with van der Waals surface area (Å²) in [6, 6.07) is 25.3. The summed E-state index contributed by atoms with van der Waals surface area (Å²) in [7, 11) is 0. The highest BCUT2D eigenvalue weighted by molar-refractivity contribution is 6.12. The maximum absolute atomic E-state index is 14.0. The van der Waals surface area contributed by atoms with Crippen LogP contribution in [-0.2, 0) is 16.1 Å². The van der Waals surface area contributed by atoms with Crippen molar-refractivity contribution in [2.24, 2.45) is 5.73 Å². The molecule has 0 fully saturated rings. The Labute approximate surface area is 238 Å². The third kappa shape index (κ3) is 5.85. The van der Waals surface area contributed by atoms with Crippen molar-refractivity contribution in [2.45, 2.75) is 18.8 Å². The minimum absolute atomic E-state index is 0.0380. The van der Waals surface area contributed by atoms with E-state index in [0.717, 1.165) is 0 Å². The van der Waals surface area contributed by atoms with Gasteiger partial charge < -0.3 is 20.4 Å². The molecule has 0 bridgehead atoms. The smallest absolute Gasteiger partial charge is 0.448 e. The number of nitrogen functional groups attached to an aromatic ring is 1. The lowest BCUT2D eigenvalue weighted by atomic mass is 10.0. The van der Waals surface area contributed by atoms with Crippen LogP contribution in [0, 0.1) is 5.41 Å². The molecule has 2 aromatic heterocycles. The summed E-state index contributed by atoms with van der Waals surface area (Å²) in [6.07, 6.45) is -3.04. The van der Waals surface area contributed by atoms with E-state index in [1.165, 1.54) is 23.0 Å². The molecule has 1 atom stereocenters. The number of para-hydroxylation sites is 1. The molecule has 1 unspecified atom stereocenters. The van der Waals surface area contributed by atoms with Gasteiger partial charge in [-0.2, -0.15) is 13.2 Å². The van der Waals surface area contributed by atoms with Crippen molar-refractivity contribution in [3.05, 3.63) is 131 Å². The number of nitrogens with zero attached hydrogens (tertiary/aromatic N) is 2. The Morgan fingerprint density at radius 3 is 2.17 bits per heavy atom. The number of aromatic nitrogens is 2. The van der Waals surface area contributed by atoms with Crippen LogP contribution >= 0.6 is 0 Å². The van der Waals surface area contributed by atoms with Gasteiger partial charge in [-0.25, -0.2) is 4.79 Å². The van der Waals surface area contributed by atoms with Crippen LogP contribution in [0.1, 0.15) is 38.8 Å². The first-order valence-electron chi connectivity index (χ1n) is 12.7. The van der Waals surface area contributed by atoms with Crippen LogP contribution in [0.3, 0.4) is 0 Å². The molecule has 0 aliphatic carbocycles. The van der Waals surface area contributed by atoms with Crippen molar-refractivity contribution >= 4 is 34.3 Å². The van der Waals surface area contributed by atoms with Crippen LogP contribution in [0.25, 0.3) is 10.9 Å². The van der Waals surface area contributed by atoms with Crippen LogP contribution < -0.4 is 11.1 Å². The number of fused-ring (bicyclic) bond motifs is 1. The molecule has 0 spiro atoms. The number of esters is 1. The monoisotopic (exact) mass is 571 g/mol. The Hall–Kier alpha value is -5.45. The van der Waals surface area contributed by atoms with Crippen molar-refractivity contribution in [1.29, 1.82) is 5.41 Å². The summed E-state index contributed by atoms with van der Waals surface area (Å²) in [4.78, 5) is 30.2. The molecule has 3 aromatic carbocycles. The van der Waals surface area contributed by atoms with Gasteiger partial charge in [-0.3, -0.25) is 15.2 Å². The number of carbonyl (C=O) groups excluding carboxylic acids is 2. The van der Waals surface area contributed by atoms with Gasteiger partial charge in [0.15, 0.2) is 11.8 Å². The zero-order valence-electron chi connectivity index (χ0n) is 21.9. The largest absolute Gasteiger partial charge is 0.471 e. The second-order valence-electron chi connectivity index (χ2n) is 9.37. The van der Waals surface area contributed by atoms with Gasteiger partial charge in [-0.05, 0) is 29.3 Å². The molecule has 5 rings (SSSR count). The summed E-state index contributed by atoms with van der Waals surface area (Å²) in [5, 5.41) is 9.77. The second kappa shape index (κ2) is 11.6. The number of alkyl halides is 3. The number of hydrogen-bond donors (Lipinski definition) is 3. The molecular weight excluding hydrogens is 547 g/mol. The molecule has 0 radical (unpaired) electrons. The first-order chi connectivity index (χ1) is 20.1. The lowest BCUT2D eigenvalue weighted by Crippen LogP contribution is -2.31. The molecule has 4 N–H and O–H groups in total. The Kier molecular flexibility index (Phi) is 7.74. The zero-order valence-corrected chi connectivity index (χ0v) is 21.9. The van der Waals surface area contributed by atoms with E-state index in [1.54, 1.807) is 84.9 Å². The van der Waals surface area contributed by atoms with E-state index >= 15 is 0 Å². The summed E-state index contributed by atoms with van der Waals surface area (Å²) in [5.74, 6) is -3.30. The average molecular weight is 572 g/mol. The number of anilines is 1. The van der Waals surface area contributed by atoms with Gasteiger partial charge in [-0.1, -0.05) is 72.8 Å². The third-order valence-electron chi connectivity index (χ3n) is 6.60. The predicted octanol–water partition coefficient (Wildman–Crippen LogP) is 5.82. The minimum atomic E-state index is -5.20. The highest BCUT2D eigenvalue weighted by atomic mass is 19.4. The van der Waals surface area contributed by atoms with Crippen molar-refractivity contribution in [1.82, 2.24) is 9.55 Å². The fraction of sp³-hybridized carbons (Fsp3) is 0.0968. The maximum Gasteiger partial charge on any atom is 0.471 e. The van der Waals surface area contributed by atoms with Crippen molar-refractivity contribution in [2.75, 3.05) is 5.32 Å². The first-order valence-corrected chi connectivity index (χ1v) is 12.7. The lowest BCUT2D eigenvalue weighted by molar-refractivity contribution is -0.167. The number of rotatable bonds is 8. The van der Waals surface area contributed by atoms with E-state index in [0.29, 0.717) is 27.8 Å². The molecule has 0 saturated heterocycles. The van der Waals surface area contributed by atoms with Gasteiger partial charge in [0.25, 0.3) is 0 Å². The number of ether oxygens (including phenoxy) is 1. The number of carbonyl (C=O) groups is 2. The Bertz CT molecular complexity index is 1710. The number of nitrogens with two attached hydrogens (primary N) is 1. The summed E-state index contributed by atoms with van der Waals surface area (Å²) < 4.78 is 47.7.